The summed E-state index contributed by atoms with van der Waals surface area (Å²) in [6, 6.07) is 8.39. The highest BCUT2D eigenvalue weighted by molar-refractivity contribution is 7.91. The summed E-state index contributed by atoms with van der Waals surface area (Å²) in [5, 5.41) is 2.82. The van der Waals surface area contributed by atoms with Crippen LogP contribution in [0.3, 0.4) is 0 Å². The van der Waals surface area contributed by atoms with Crippen LogP contribution in [0.1, 0.15) is 25.7 Å². The number of fused-ring (bicyclic) bond motifs is 2. The van der Waals surface area contributed by atoms with Gasteiger partial charge < -0.3 is 5.32 Å². The summed E-state index contributed by atoms with van der Waals surface area (Å²) >= 11 is 0. The molecule has 2 aliphatic rings. The lowest BCUT2D eigenvalue weighted by Gasteiger charge is -2.20. The Hall–Kier alpha value is -1.36. The first-order chi connectivity index (χ1) is 10.1. The van der Waals surface area contributed by atoms with Gasteiger partial charge in [0.1, 0.15) is 0 Å². The molecule has 1 amide bonds. The highest BCUT2D eigenvalue weighted by Crippen LogP contribution is 2.48. The molecule has 2 aliphatic carbocycles. The molecular formula is C16H21NO3S. The molecule has 2 fully saturated rings. The third-order valence-electron chi connectivity index (χ3n) is 4.85. The van der Waals surface area contributed by atoms with Gasteiger partial charge >= 0.3 is 0 Å². The molecule has 0 aliphatic heterocycles. The Morgan fingerprint density at radius 1 is 1.14 bits per heavy atom. The van der Waals surface area contributed by atoms with Gasteiger partial charge in [0.25, 0.3) is 0 Å². The lowest BCUT2D eigenvalue weighted by Crippen LogP contribution is -2.36. The summed E-state index contributed by atoms with van der Waals surface area (Å²) < 4.78 is 24.2. The molecule has 1 N–H and O–H groups in total. The maximum Gasteiger partial charge on any atom is 0.223 e. The lowest BCUT2D eigenvalue weighted by molar-refractivity contribution is -0.126. The van der Waals surface area contributed by atoms with Crippen LogP contribution < -0.4 is 5.32 Å². The van der Waals surface area contributed by atoms with Crippen molar-refractivity contribution in [3.05, 3.63) is 30.3 Å². The zero-order valence-electron chi connectivity index (χ0n) is 12.0. The van der Waals surface area contributed by atoms with Gasteiger partial charge in [-0.1, -0.05) is 24.6 Å². The molecule has 5 heteroatoms. The van der Waals surface area contributed by atoms with Crippen molar-refractivity contribution in [2.75, 3.05) is 12.3 Å². The van der Waals surface area contributed by atoms with Crippen molar-refractivity contribution >= 4 is 15.7 Å². The van der Waals surface area contributed by atoms with Crippen molar-refractivity contribution in [2.24, 2.45) is 17.8 Å². The number of benzene rings is 1. The number of hydrogen-bond acceptors (Lipinski definition) is 3. The first kappa shape index (κ1) is 14.6. The van der Waals surface area contributed by atoms with E-state index < -0.39 is 9.84 Å². The van der Waals surface area contributed by atoms with Gasteiger partial charge in [0.15, 0.2) is 9.84 Å². The Kier molecular flexibility index (Phi) is 4.02. The molecule has 3 unspecified atom stereocenters. The van der Waals surface area contributed by atoms with Gasteiger partial charge in [0, 0.05) is 12.5 Å². The molecule has 0 spiro atoms. The van der Waals surface area contributed by atoms with Crippen LogP contribution in [-0.4, -0.2) is 26.6 Å². The number of sulfone groups is 1. The number of carbonyl (C=O) groups is 1. The van der Waals surface area contributed by atoms with Crippen molar-refractivity contribution in [1.82, 2.24) is 5.32 Å². The normalized spacial score (nSPS) is 27.7. The number of rotatable bonds is 5. The second-order valence-electron chi connectivity index (χ2n) is 6.20. The van der Waals surface area contributed by atoms with Gasteiger partial charge in [-0.15, -0.1) is 0 Å². The Labute approximate surface area is 125 Å². The fraction of sp³-hybridized carbons (Fsp3) is 0.562. The molecule has 21 heavy (non-hydrogen) atoms. The summed E-state index contributed by atoms with van der Waals surface area (Å²) in [5.74, 6) is 1.37. The van der Waals surface area contributed by atoms with E-state index in [2.05, 4.69) is 5.32 Å². The summed E-state index contributed by atoms with van der Waals surface area (Å²) in [6.07, 6.45) is 4.59. The van der Waals surface area contributed by atoms with E-state index in [0.29, 0.717) is 10.8 Å². The van der Waals surface area contributed by atoms with Crippen LogP contribution in [0, 0.1) is 17.8 Å². The molecule has 114 valence electrons. The van der Waals surface area contributed by atoms with Crippen LogP contribution in [0.15, 0.2) is 35.2 Å². The van der Waals surface area contributed by atoms with E-state index in [1.807, 2.05) is 0 Å². The average molecular weight is 307 g/mol. The molecule has 2 saturated carbocycles. The SMILES string of the molecule is O=C(NCCS(=O)(=O)c1ccccc1)C1CC2CCC1C2. The zero-order chi connectivity index (χ0) is 14.9. The van der Waals surface area contributed by atoms with Gasteiger partial charge in [-0.3, -0.25) is 4.79 Å². The van der Waals surface area contributed by atoms with Gasteiger partial charge in [0.2, 0.25) is 5.91 Å². The smallest absolute Gasteiger partial charge is 0.223 e. The maximum atomic E-state index is 12.2. The lowest BCUT2D eigenvalue weighted by atomic mass is 9.88. The van der Waals surface area contributed by atoms with Crippen molar-refractivity contribution in [3.63, 3.8) is 0 Å². The van der Waals surface area contributed by atoms with Crippen LogP contribution in [0.5, 0.6) is 0 Å². The van der Waals surface area contributed by atoms with Gasteiger partial charge in [-0.25, -0.2) is 8.42 Å². The largest absolute Gasteiger partial charge is 0.355 e. The third kappa shape index (κ3) is 3.12. The van der Waals surface area contributed by atoms with Gasteiger partial charge in [0.05, 0.1) is 10.6 Å². The summed E-state index contributed by atoms with van der Waals surface area (Å²) in [5.41, 5.74) is 0. The van der Waals surface area contributed by atoms with Gasteiger partial charge in [-0.2, -0.15) is 0 Å². The Balaban J connectivity index is 1.51. The molecule has 0 radical (unpaired) electrons. The van der Waals surface area contributed by atoms with E-state index in [9.17, 15) is 13.2 Å². The second kappa shape index (κ2) is 5.79. The van der Waals surface area contributed by atoms with E-state index in [1.54, 1.807) is 30.3 Å². The van der Waals surface area contributed by atoms with E-state index in [4.69, 9.17) is 0 Å². The Morgan fingerprint density at radius 2 is 1.90 bits per heavy atom. The molecule has 4 nitrogen and oxygen atoms in total. The van der Waals surface area contributed by atoms with E-state index in [-0.39, 0.29) is 24.1 Å². The minimum Gasteiger partial charge on any atom is -0.355 e. The van der Waals surface area contributed by atoms with Crippen molar-refractivity contribution in [1.29, 1.82) is 0 Å². The van der Waals surface area contributed by atoms with Gasteiger partial charge in [-0.05, 0) is 43.2 Å². The van der Waals surface area contributed by atoms with Crippen LogP contribution in [-0.2, 0) is 14.6 Å². The number of hydrogen-bond donors (Lipinski definition) is 1. The van der Waals surface area contributed by atoms with Crippen molar-refractivity contribution in [3.8, 4) is 0 Å². The predicted octanol–water partition coefficient (Wildman–Crippen LogP) is 2.01. The molecule has 1 aromatic rings. The fourth-order valence-corrected chi connectivity index (χ4v) is 4.93. The first-order valence-corrected chi connectivity index (χ1v) is 9.27. The second-order valence-corrected chi connectivity index (χ2v) is 8.31. The number of carbonyl (C=O) groups excluding carboxylic acids is 1. The molecular weight excluding hydrogens is 286 g/mol. The standard InChI is InChI=1S/C16H21NO3S/c18-16(15-11-12-6-7-13(15)10-12)17-8-9-21(19,20)14-4-2-1-3-5-14/h1-5,12-13,15H,6-11H2,(H,17,18). The van der Waals surface area contributed by atoms with Crippen LogP contribution in [0.25, 0.3) is 0 Å². The maximum absolute atomic E-state index is 12.2. The zero-order valence-corrected chi connectivity index (χ0v) is 12.8. The summed E-state index contributed by atoms with van der Waals surface area (Å²) in [4.78, 5) is 12.5. The highest BCUT2D eigenvalue weighted by atomic mass is 32.2. The topological polar surface area (TPSA) is 63.2 Å². The molecule has 0 saturated heterocycles. The van der Waals surface area contributed by atoms with Crippen LogP contribution in [0.2, 0.25) is 0 Å². The van der Waals surface area contributed by atoms with E-state index >= 15 is 0 Å². The third-order valence-corrected chi connectivity index (χ3v) is 6.58. The predicted molar refractivity (Wildman–Crippen MR) is 80.4 cm³/mol. The fourth-order valence-electron chi connectivity index (χ4n) is 3.75. The molecule has 2 bridgehead atoms. The average Bonchev–Trinajstić information content (AvgIpc) is 3.10. The number of amides is 1. The highest BCUT2D eigenvalue weighted by Gasteiger charge is 2.42. The summed E-state index contributed by atoms with van der Waals surface area (Å²) in [6.45, 7) is 0.198. The number of nitrogens with one attached hydrogen (secondary N) is 1. The summed E-state index contributed by atoms with van der Waals surface area (Å²) in [7, 11) is -3.30. The minimum absolute atomic E-state index is 0.0381. The Bertz CT molecular complexity index is 612. The minimum atomic E-state index is -3.30. The molecule has 0 heterocycles. The molecule has 1 aromatic carbocycles. The van der Waals surface area contributed by atoms with E-state index in [0.717, 1.165) is 18.8 Å². The molecule has 0 aromatic heterocycles. The van der Waals surface area contributed by atoms with Crippen LogP contribution >= 0.6 is 0 Å². The van der Waals surface area contributed by atoms with E-state index in [1.165, 1.54) is 12.8 Å². The van der Waals surface area contributed by atoms with Crippen molar-refractivity contribution < 1.29 is 13.2 Å². The first-order valence-electron chi connectivity index (χ1n) is 7.62. The molecule has 3 rings (SSSR count). The van der Waals surface area contributed by atoms with Crippen molar-refractivity contribution in [2.45, 2.75) is 30.6 Å². The molecule has 3 atom stereocenters. The monoisotopic (exact) mass is 307 g/mol. The van der Waals surface area contributed by atoms with Crippen LogP contribution in [0.4, 0.5) is 0 Å². The Morgan fingerprint density at radius 3 is 2.52 bits per heavy atom. The quantitative estimate of drug-likeness (QED) is 0.905.